The number of hydrogen-bond acceptors (Lipinski definition) is 7. The fraction of sp³-hybridized carbons (Fsp3) is 0.500. The first-order valence-corrected chi connectivity index (χ1v) is 7.80. The van der Waals surface area contributed by atoms with Crippen molar-refractivity contribution < 1.29 is 19.3 Å². The van der Waals surface area contributed by atoms with Crippen LogP contribution in [0.5, 0.6) is 0 Å². The first kappa shape index (κ1) is 15.5. The zero-order valence-corrected chi connectivity index (χ0v) is 13.4. The van der Waals surface area contributed by atoms with Crippen LogP contribution in [0.2, 0.25) is 0 Å². The molecule has 2 fully saturated rings. The van der Waals surface area contributed by atoms with Crippen LogP contribution in [0.15, 0.2) is 29.1 Å². The van der Waals surface area contributed by atoms with Gasteiger partial charge in [-0.05, 0) is 26.0 Å². The van der Waals surface area contributed by atoms with E-state index in [0.29, 0.717) is 10.9 Å². The molecule has 0 aliphatic carbocycles. The molecule has 2 aliphatic heterocycles. The summed E-state index contributed by atoms with van der Waals surface area (Å²) in [5.74, 6) is -0.644. The summed E-state index contributed by atoms with van der Waals surface area (Å²) in [6.45, 7) is 3.35. The van der Waals surface area contributed by atoms with Crippen molar-refractivity contribution in [1.29, 1.82) is 0 Å². The highest BCUT2D eigenvalue weighted by Gasteiger charge is 2.56. The summed E-state index contributed by atoms with van der Waals surface area (Å²) in [4.78, 5) is 16.4. The Labute approximate surface area is 137 Å². The quantitative estimate of drug-likeness (QED) is 0.818. The van der Waals surface area contributed by atoms with Crippen molar-refractivity contribution >= 4 is 16.7 Å². The molecule has 2 saturated heterocycles. The number of rotatable bonds is 2. The number of aliphatic hydroxyl groups is 1. The van der Waals surface area contributed by atoms with Gasteiger partial charge in [-0.25, -0.2) is 4.79 Å². The van der Waals surface area contributed by atoms with Crippen LogP contribution in [-0.4, -0.2) is 45.4 Å². The molecule has 0 spiro atoms. The van der Waals surface area contributed by atoms with Gasteiger partial charge in [0.2, 0.25) is 0 Å². The van der Waals surface area contributed by atoms with Crippen LogP contribution in [0.1, 0.15) is 20.1 Å². The van der Waals surface area contributed by atoms with Gasteiger partial charge in [0.1, 0.15) is 24.1 Å². The van der Waals surface area contributed by atoms with Gasteiger partial charge in [-0.15, -0.1) is 0 Å². The lowest BCUT2D eigenvalue weighted by atomic mass is 10.1. The van der Waals surface area contributed by atoms with Crippen molar-refractivity contribution in [2.24, 2.45) is 0 Å². The fourth-order valence-electron chi connectivity index (χ4n) is 3.48. The highest BCUT2D eigenvalue weighted by Crippen LogP contribution is 2.43. The van der Waals surface area contributed by atoms with Crippen LogP contribution in [0.4, 0.5) is 5.82 Å². The molecule has 0 radical (unpaired) electrons. The van der Waals surface area contributed by atoms with Gasteiger partial charge in [0.05, 0.1) is 12.1 Å². The maximum atomic E-state index is 12.5. The first-order chi connectivity index (χ1) is 11.4. The number of nitrogen functional groups attached to an aromatic ring is 1. The molecule has 8 nitrogen and oxygen atoms in total. The number of anilines is 1. The fourth-order valence-corrected chi connectivity index (χ4v) is 3.48. The van der Waals surface area contributed by atoms with Gasteiger partial charge < -0.3 is 25.1 Å². The maximum absolute atomic E-state index is 12.5. The smallest absolute Gasteiger partial charge is 0.352 e. The lowest BCUT2D eigenvalue weighted by Gasteiger charge is -2.25. The van der Waals surface area contributed by atoms with E-state index in [-0.39, 0.29) is 12.4 Å². The summed E-state index contributed by atoms with van der Waals surface area (Å²) < 4.78 is 19.1. The molecule has 4 rings (SSSR count). The van der Waals surface area contributed by atoms with Gasteiger partial charge in [-0.3, -0.25) is 4.57 Å². The molecule has 4 atom stereocenters. The summed E-state index contributed by atoms with van der Waals surface area (Å²) in [6, 6.07) is 7.20. The molecule has 0 saturated carbocycles. The monoisotopic (exact) mass is 333 g/mol. The summed E-state index contributed by atoms with van der Waals surface area (Å²) in [6.07, 6.45) is -2.31. The van der Waals surface area contributed by atoms with Crippen LogP contribution in [0.3, 0.4) is 0 Å². The average molecular weight is 333 g/mol. The molecule has 0 unspecified atom stereocenters. The van der Waals surface area contributed by atoms with Crippen LogP contribution in [-0.2, 0) is 14.2 Å². The summed E-state index contributed by atoms with van der Waals surface area (Å²) >= 11 is 0. The van der Waals surface area contributed by atoms with E-state index < -0.39 is 36.0 Å². The number of ether oxygens (including phenoxy) is 3. The van der Waals surface area contributed by atoms with E-state index in [1.807, 2.05) is 12.1 Å². The summed E-state index contributed by atoms with van der Waals surface area (Å²) in [7, 11) is 0. The van der Waals surface area contributed by atoms with Crippen LogP contribution >= 0.6 is 0 Å². The molecule has 1 aromatic heterocycles. The normalized spacial score (nSPS) is 31.5. The molecular weight excluding hydrogens is 314 g/mol. The van der Waals surface area contributed by atoms with Gasteiger partial charge in [0.15, 0.2) is 12.0 Å². The minimum absolute atomic E-state index is 0.170. The van der Waals surface area contributed by atoms with Crippen molar-refractivity contribution in [2.45, 2.75) is 44.2 Å². The lowest BCUT2D eigenvalue weighted by molar-refractivity contribution is -0.200. The zero-order chi connectivity index (χ0) is 17.1. The molecule has 8 heteroatoms. The van der Waals surface area contributed by atoms with E-state index in [2.05, 4.69) is 4.98 Å². The number of hydrogen-bond donors (Lipinski definition) is 2. The number of benzene rings is 1. The van der Waals surface area contributed by atoms with Crippen molar-refractivity contribution in [3.05, 3.63) is 34.7 Å². The van der Waals surface area contributed by atoms with Crippen LogP contribution in [0.25, 0.3) is 10.9 Å². The second-order valence-corrected chi connectivity index (χ2v) is 6.48. The average Bonchev–Trinajstić information content (AvgIpc) is 3.01. The third-order valence-corrected chi connectivity index (χ3v) is 4.42. The molecule has 128 valence electrons. The molecule has 1 aromatic carbocycles. The molecule has 3 N–H and O–H groups in total. The Bertz CT molecular complexity index is 849. The van der Waals surface area contributed by atoms with E-state index in [9.17, 15) is 9.90 Å². The molecule has 2 aromatic rings. The second kappa shape index (κ2) is 5.25. The SMILES string of the molecule is CC1(C)O[C@@H]2[C@H](O1)[C@@H](CO)O[C@H]2n1c(=O)nc(N)c2ccccc21. The van der Waals surface area contributed by atoms with E-state index in [1.165, 1.54) is 4.57 Å². The van der Waals surface area contributed by atoms with E-state index in [1.54, 1.807) is 26.0 Å². The van der Waals surface area contributed by atoms with Crippen LogP contribution in [0, 0.1) is 0 Å². The topological polar surface area (TPSA) is 109 Å². The molecule has 0 amide bonds. The number of fused-ring (bicyclic) bond motifs is 2. The van der Waals surface area contributed by atoms with Crippen molar-refractivity contribution in [1.82, 2.24) is 9.55 Å². The van der Waals surface area contributed by atoms with Gasteiger partial charge in [-0.1, -0.05) is 12.1 Å². The highest BCUT2D eigenvalue weighted by atomic mass is 16.8. The standard InChI is InChI=1S/C16H19N3O5/c1-16(2)23-11-10(7-20)22-14(12(11)24-16)19-9-6-4-3-5-8(9)13(17)18-15(19)21/h3-6,10-12,14,20H,7H2,1-2H3,(H2,17,18,21)/t10-,11-,12-,14-/m1/s1. The molecule has 3 heterocycles. The Morgan fingerprint density at radius 1 is 1.29 bits per heavy atom. The number of aromatic nitrogens is 2. The van der Waals surface area contributed by atoms with Crippen molar-refractivity contribution in [3.63, 3.8) is 0 Å². The van der Waals surface area contributed by atoms with E-state index >= 15 is 0 Å². The van der Waals surface area contributed by atoms with Gasteiger partial charge in [-0.2, -0.15) is 4.98 Å². The van der Waals surface area contributed by atoms with Crippen LogP contribution < -0.4 is 11.4 Å². The van der Waals surface area contributed by atoms with Crippen molar-refractivity contribution in [3.8, 4) is 0 Å². The Morgan fingerprint density at radius 2 is 2.00 bits per heavy atom. The zero-order valence-electron chi connectivity index (χ0n) is 13.4. The minimum atomic E-state index is -0.814. The maximum Gasteiger partial charge on any atom is 0.352 e. The van der Waals surface area contributed by atoms with Crippen molar-refractivity contribution in [2.75, 3.05) is 12.3 Å². The molecular formula is C16H19N3O5. The van der Waals surface area contributed by atoms with E-state index in [4.69, 9.17) is 19.9 Å². The highest BCUT2D eigenvalue weighted by molar-refractivity contribution is 5.88. The predicted molar refractivity (Wildman–Crippen MR) is 85.2 cm³/mol. The second-order valence-electron chi connectivity index (χ2n) is 6.48. The van der Waals surface area contributed by atoms with Gasteiger partial charge >= 0.3 is 5.69 Å². The molecule has 0 bridgehead atoms. The molecule has 24 heavy (non-hydrogen) atoms. The number of para-hydroxylation sites is 1. The number of nitrogens with two attached hydrogens (primary N) is 1. The summed E-state index contributed by atoms with van der Waals surface area (Å²) in [5.41, 5.74) is 5.94. The van der Waals surface area contributed by atoms with Gasteiger partial charge in [0.25, 0.3) is 0 Å². The molecule has 2 aliphatic rings. The van der Waals surface area contributed by atoms with Gasteiger partial charge in [0, 0.05) is 5.39 Å². The number of aliphatic hydroxyl groups excluding tert-OH is 1. The number of nitrogens with zero attached hydrogens (tertiary/aromatic N) is 2. The minimum Gasteiger partial charge on any atom is -0.394 e. The Kier molecular flexibility index (Phi) is 3.40. The Balaban J connectivity index is 1.88. The third-order valence-electron chi connectivity index (χ3n) is 4.42. The Morgan fingerprint density at radius 3 is 2.75 bits per heavy atom. The third kappa shape index (κ3) is 2.22. The first-order valence-electron chi connectivity index (χ1n) is 7.80. The predicted octanol–water partition coefficient (Wildman–Crippen LogP) is 0.389. The van der Waals surface area contributed by atoms with E-state index in [0.717, 1.165) is 0 Å². The summed E-state index contributed by atoms with van der Waals surface area (Å²) in [5, 5.41) is 10.2. The largest absolute Gasteiger partial charge is 0.394 e. The lowest BCUT2D eigenvalue weighted by Crippen LogP contribution is -2.35. The Hall–Kier alpha value is -2.00.